The minimum Gasteiger partial charge on any atom is -0.337 e. The fourth-order valence-electron chi connectivity index (χ4n) is 4.57. The van der Waals surface area contributed by atoms with Gasteiger partial charge in [-0.3, -0.25) is 14.4 Å². The Balaban J connectivity index is 1.18. The maximum absolute atomic E-state index is 12.9. The molecule has 0 bridgehead atoms. The van der Waals surface area contributed by atoms with E-state index in [4.69, 9.17) is 11.6 Å². The van der Waals surface area contributed by atoms with Crippen molar-refractivity contribution in [1.82, 2.24) is 29.0 Å². The molecule has 1 saturated heterocycles. The first kappa shape index (κ1) is 23.3. The monoisotopic (exact) mass is 488 g/mol. The molecule has 4 heterocycles. The number of carbonyl (C=O) groups is 1. The number of hydrogen-bond donors (Lipinski definition) is 0. The molecule has 1 aliphatic heterocycles. The Labute approximate surface area is 210 Å². The Morgan fingerprint density at radius 1 is 1.03 bits per heavy atom. The van der Waals surface area contributed by atoms with Crippen molar-refractivity contribution in [1.29, 1.82) is 0 Å². The van der Waals surface area contributed by atoms with E-state index in [-0.39, 0.29) is 5.91 Å². The highest BCUT2D eigenvalue weighted by Crippen LogP contribution is 2.20. The van der Waals surface area contributed by atoms with Gasteiger partial charge in [0.25, 0.3) is 0 Å². The van der Waals surface area contributed by atoms with Crippen molar-refractivity contribution < 1.29 is 4.79 Å². The molecule has 0 saturated carbocycles. The van der Waals surface area contributed by atoms with E-state index in [1.807, 2.05) is 82.6 Å². The summed E-state index contributed by atoms with van der Waals surface area (Å²) in [5.41, 5.74) is 5.93. The minimum absolute atomic E-state index is 0.0371. The summed E-state index contributed by atoms with van der Waals surface area (Å²) in [6, 6.07) is 13.8. The van der Waals surface area contributed by atoms with Gasteiger partial charge in [0, 0.05) is 67.5 Å². The van der Waals surface area contributed by atoms with E-state index in [2.05, 4.69) is 21.2 Å². The molecule has 35 heavy (non-hydrogen) atoms. The smallest absolute Gasteiger partial charge is 0.246 e. The number of amides is 1. The summed E-state index contributed by atoms with van der Waals surface area (Å²) in [6.07, 6.45) is 7.66. The van der Waals surface area contributed by atoms with E-state index in [9.17, 15) is 4.79 Å². The third kappa shape index (κ3) is 5.16. The molecule has 0 atom stereocenters. The number of halogens is 1. The van der Waals surface area contributed by atoms with Crippen LogP contribution in [0.4, 0.5) is 0 Å². The Morgan fingerprint density at radius 3 is 2.57 bits per heavy atom. The molecular weight excluding hydrogens is 460 g/mol. The molecule has 1 aliphatic rings. The van der Waals surface area contributed by atoms with Gasteiger partial charge in [-0.05, 0) is 43.7 Å². The number of aromatic nitrogens is 4. The van der Waals surface area contributed by atoms with Crippen LogP contribution >= 0.6 is 11.6 Å². The Kier molecular flexibility index (Phi) is 6.70. The molecule has 0 unspecified atom stereocenters. The summed E-state index contributed by atoms with van der Waals surface area (Å²) in [6.45, 7) is 8.48. The van der Waals surface area contributed by atoms with E-state index in [0.717, 1.165) is 58.5 Å². The average Bonchev–Trinajstić information content (AvgIpc) is 3.38. The summed E-state index contributed by atoms with van der Waals surface area (Å²) < 4.78 is 3.99. The van der Waals surface area contributed by atoms with Crippen LogP contribution in [0.15, 0.2) is 60.9 Å². The van der Waals surface area contributed by atoms with Crippen molar-refractivity contribution in [3.8, 4) is 0 Å². The van der Waals surface area contributed by atoms with Crippen LogP contribution in [0.1, 0.15) is 28.2 Å². The van der Waals surface area contributed by atoms with E-state index in [1.54, 1.807) is 6.08 Å². The summed E-state index contributed by atoms with van der Waals surface area (Å²) >= 11 is 6.32. The van der Waals surface area contributed by atoms with Crippen LogP contribution in [-0.2, 0) is 17.9 Å². The van der Waals surface area contributed by atoms with Crippen molar-refractivity contribution in [2.45, 2.75) is 26.9 Å². The number of benzene rings is 1. The summed E-state index contributed by atoms with van der Waals surface area (Å²) in [7, 11) is 0. The number of nitrogens with zero attached hydrogens (tertiary/aromatic N) is 6. The van der Waals surface area contributed by atoms with E-state index in [0.29, 0.717) is 19.6 Å². The van der Waals surface area contributed by atoms with Gasteiger partial charge in [-0.15, -0.1) is 0 Å². The molecule has 1 fully saturated rings. The predicted octanol–water partition coefficient (Wildman–Crippen LogP) is 4.21. The van der Waals surface area contributed by atoms with Crippen LogP contribution in [0.3, 0.4) is 0 Å². The Morgan fingerprint density at radius 2 is 1.80 bits per heavy atom. The molecule has 5 rings (SSSR count). The number of carbonyl (C=O) groups excluding carboxylic acids is 1. The third-order valence-electron chi connectivity index (χ3n) is 6.59. The van der Waals surface area contributed by atoms with Crippen LogP contribution in [0.5, 0.6) is 0 Å². The largest absolute Gasteiger partial charge is 0.337 e. The van der Waals surface area contributed by atoms with E-state index in [1.165, 1.54) is 0 Å². The van der Waals surface area contributed by atoms with Crippen molar-refractivity contribution in [3.63, 3.8) is 0 Å². The maximum atomic E-state index is 12.9. The van der Waals surface area contributed by atoms with Gasteiger partial charge in [-0.25, -0.2) is 4.98 Å². The fourth-order valence-corrected chi connectivity index (χ4v) is 4.77. The molecule has 0 N–H and O–H groups in total. The minimum atomic E-state index is 0.0371. The lowest BCUT2D eigenvalue weighted by atomic mass is 10.1. The number of rotatable bonds is 6. The number of hydrogen-bond acceptors (Lipinski definition) is 4. The molecule has 4 aromatic rings. The van der Waals surface area contributed by atoms with Gasteiger partial charge < -0.3 is 9.30 Å². The molecule has 8 heteroatoms. The standard InChI is InChI=1S/C27H29ClN6O/c1-20-24(21(2)34(30-20)17-22-7-3-4-8-25(22)28)10-11-27(35)32-15-13-31(14-16-32)18-23-19-33-12-6-5-9-26(33)29-23/h3-12,19H,13-18H2,1-2H3/b11-10+. The Hall–Kier alpha value is -3.42. The first-order valence-corrected chi connectivity index (χ1v) is 12.2. The van der Waals surface area contributed by atoms with Gasteiger partial charge in [-0.2, -0.15) is 5.10 Å². The topological polar surface area (TPSA) is 58.7 Å². The lowest BCUT2D eigenvalue weighted by molar-refractivity contribution is -0.127. The van der Waals surface area contributed by atoms with Gasteiger partial charge in [0.1, 0.15) is 5.65 Å². The second-order valence-corrected chi connectivity index (χ2v) is 9.37. The highest BCUT2D eigenvalue weighted by molar-refractivity contribution is 6.31. The number of fused-ring (bicyclic) bond motifs is 1. The summed E-state index contributed by atoms with van der Waals surface area (Å²) in [4.78, 5) is 21.8. The van der Waals surface area contributed by atoms with Crippen molar-refractivity contribution in [2.75, 3.05) is 26.2 Å². The van der Waals surface area contributed by atoms with E-state index >= 15 is 0 Å². The SMILES string of the molecule is Cc1nn(Cc2ccccc2Cl)c(C)c1/C=C/C(=O)N1CCN(Cc2cn3ccccc3n2)CC1. The van der Waals surface area contributed by atoms with Crippen LogP contribution < -0.4 is 0 Å². The van der Waals surface area contributed by atoms with Gasteiger partial charge in [-0.1, -0.05) is 35.9 Å². The Bertz CT molecular complexity index is 1350. The summed E-state index contributed by atoms with van der Waals surface area (Å²) in [5.74, 6) is 0.0371. The second kappa shape index (κ2) is 10.1. The molecule has 180 valence electrons. The highest BCUT2D eigenvalue weighted by Gasteiger charge is 2.21. The molecule has 7 nitrogen and oxygen atoms in total. The van der Waals surface area contributed by atoms with Crippen molar-refractivity contribution >= 4 is 29.2 Å². The number of pyridine rings is 1. The van der Waals surface area contributed by atoms with Crippen LogP contribution in [0.2, 0.25) is 5.02 Å². The quantitative estimate of drug-likeness (QED) is 0.381. The van der Waals surface area contributed by atoms with Gasteiger partial charge in [0.2, 0.25) is 5.91 Å². The zero-order chi connectivity index (χ0) is 24.4. The van der Waals surface area contributed by atoms with Crippen LogP contribution in [-0.4, -0.2) is 61.1 Å². The predicted molar refractivity (Wildman–Crippen MR) is 138 cm³/mol. The third-order valence-corrected chi connectivity index (χ3v) is 6.96. The lowest BCUT2D eigenvalue weighted by Crippen LogP contribution is -2.47. The van der Waals surface area contributed by atoms with Gasteiger partial charge in [0.05, 0.1) is 17.9 Å². The molecule has 0 spiro atoms. The van der Waals surface area contributed by atoms with Gasteiger partial charge >= 0.3 is 0 Å². The lowest BCUT2D eigenvalue weighted by Gasteiger charge is -2.33. The second-order valence-electron chi connectivity index (χ2n) is 8.97. The zero-order valence-corrected chi connectivity index (χ0v) is 20.8. The van der Waals surface area contributed by atoms with Gasteiger partial charge in [0.15, 0.2) is 0 Å². The van der Waals surface area contributed by atoms with Crippen molar-refractivity contribution in [2.24, 2.45) is 0 Å². The van der Waals surface area contributed by atoms with E-state index < -0.39 is 0 Å². The first-order valence-electron chi connectivity index (χ1n) is 11.9. The fraction of sp³-hybridized carbons (Fsp3) is 0.296. The first-order chi connectivity index (χ1) is 17.0. The average molecular weight is 489 g/mol. The molecule has 1 aromatic carbocycles. The highest BCUT2D eigenvalue weighted by atomic mass is 35.5. The molecular formula is C27H29ClN6O. The number of imidazole rings is 1. The van der Waals surface area contributed by atoms with Crippen LogP contribution in [0, 0.1) is 13.8 Å². The van der Waals surface area contributed by atoms with Crippen LogP contribution in [0.25, 0.3) is 11.7 Å². The molecule has 1 amide bonds. The molecule has 0 radical (unpaired) electrons. The number of piperazine rings is 1. The van der Waals surface area contributed by atoms with Crippen molar-refractivity contribution in [3.05, 3.63) is 94.2 Å². The maximum Gasteiger partial charge on any atom is 0.246 e. The zero-order valence-electron chi connectivity index (χ0n) is 20.1. The molecule has 0 aliphatic carbocycles. The number of aryl methyl sites for hydroxylation is 1. The molecule has 3 aromatic heterocycles. The summed E-state index contributed by atoms with van der Waals surface area (Å²) in [5, 5.41) is 5.40. The normalized spacial score (nSPS) is 14.9.